The topological polar surface area (TPSA) is 87.2 Å². The second kappa shape index (κ2) is 7.79. The number of amides is 1. The summed E-state index contributed by atoms with van der Waals surface area (Å²) < 4.78 is 6.31. The Labute approximate surface area is 144 Å². The van der Waals surface area contributed by atoms with Crippen LogP contribution in [-0.4, -0.2) is 28.3 Å². The number of halogens is 1. The second-order valence-electron chi connectivity index (χ2n) is 5.34. The lowest BCUT2D eigenvalue weighted by Crippen LogP contribution is -2.19. The molecule has 0 spiro atoms. The van der Waals surface area contributed by atoms with Gasteiger partial charge < -0.3 is 10.5 Å². The highest BCUT2D eigenvalue weighted by molar-refractivity contribution is 6.31. The van der Waals surface area contributed by atoms with E-state index in [1.807, 2.05) is 31.2 Å². The maximum atomic E-state index is 11.5. The molecule has 0 atom stereocenters. The molecule has 1 aromatic carbocycles. The Kier molecular flexibility index (Phi) is 5.76. The molecule has 126 valence electrons. The average molecular weight is 348 g/mol. The number of ether oxygens (including phenoxy) is 1. The lowest BCUT2D eigenvalue weighted by atomic mass is 10.1. The van der Waals surface area contributed by atoms with Crippen molar-refractivity contribution in [3.8, 4) is 0 Å². The van der Waals surface area contributed by atoms with E-state index in [-0.39, 0.29) is 0 Å². The van der Waals surface area contributed by atoms with Gasteiger partial charge in [0.15, 0.2) is 6.61 Å². The lowest BCUT2D eigenvalue weighted by Gasteiger charge is -2.04. The molecule has 0 radical (unpaired) electrons. The molecule has 0 saturated heterocycles. The van der Waals surface area contributed by atoms with Crippen LogP contribution in [0.2, 0.25) is 5.15 Å². The maximum Gasteiger partial charge on any atom is 0.331 e. The van der Waals surface area contributed by atoms with E-state index in [9.17, 15) is 9.59 Å². The van der Waals surface area contributed by atoms with Gasteiger partial charge in [0, 0.05) is 11.6 Å². The molecule has 24 heavy (non-hydrogen) atoms. The minimum Gasteiger partial charge on any atom is -0.452 e. The van der Waals surface area contributed by atoms with E-state index in [0.29, 0.717) is 23.0 Å². The molecule has 0 saturated carbocycles. The zero-order chi connectivity index (χ0) is 17.7. The number of esters is 1. The Morgan fingerprint density at radius 1 is 1.29 bits per heavy atom. The molecule has 0 aliphatic carbocycles. The van der Waals surface area contributed by atoms with E-state index in [0.717, 1.165) is 5.56 Å². The summed E-state index contributed by atoms with van der Waals surface area (Å²) in [4.78, 5) is 22.1. The molecule has 0 bridgehead atoms. The Morgan fingerprint density at radius 3 is 2.58 bits per heavy atom. The monoisotopic (exact) mass is 347 g/mol. The quantitative estimate of drug-likeness (QED) is 0.641. The van der Waals surface area contributed by atoms with Gasteiger partial charge >= 0.3 is 5.97 Å². The molecule has 0 aliphatic heterocycles. The number of nitrogens with two attached hydrogens (primary N) is 1. The summed E-state index contributed by atoms with van der Waals surface area (Å²) in [6.45, 7) is 3.89. The molecule has 7 heteroatoms. The number of rotatable bonds is 6. The number of aromatic nitrogens is 2. The number of hydrogen-bond donors (Lipinski definition) is 1. The van der Waals surface area contributed by atoms with E-state index in [2.05, 4.69) is 9.84 Å². The van der Waals surface area contributed by atoms with Crippen LogP contribution in [0.25, 0.3) is 6.08 Å². The fourth-order valence-corrected chi connectivity index (χ4v) is 2.37. The van der Waals surface area contributed by atoms with Crippen molar-refractivity contribution < 1.29 is 14.3 Å². The van der Waals surface area contributed by atoms with E-state index in [1.54, 1.807) is 11.6 Å². The Hall–Kier alpha value is -2.60. The van der Waals surface area contributed by atoms with E-state index < -0.39 is 18.5 Å². The number of benzene rings is 1. The summed E-state index contributed by atoms with van der Waals surface area (Å²) in [5.74, 6) is -1.38. The second-order valence-corrected chi connectivity index (χ2v) is 5.70. The fourth-order valence-electron chi connectivity index (χ4n) is 2.07. The summed E-state index contributed by atoms with van der Waals surface area (Å²) in [5.41, 5.74) is 8.47. The van der Waals surface area contributed by atoms with Gasteiger partial charge in [-0.2, -0.15) is 5.10 Å². The van der Waals surface area contributed by atoms with E-state index >= 15 is 0 Å². The Morgan fingerprint density at radius 2 is 1.96 bits per heavy atom. The predicted molar refractivity (Wildman–Crippen MR) is 91.4 cm³/mol. The van der Waals surface area contributed by atoms with Crippen LogP contribution in [0.15, 0.2) is 30.3 Å². The first-order chi connectivity index (χ1) is 11.4. The highest BCUT2D eigenvalue weighted by atomic mass is 35.5. The molecule has 2 aromatic rings. The number of carbonyl (C=O) groups is 2. The third-order valence-corrected chi connectivity index (χ3v) is 3.70. The van der Waals surface area contributed by atoms with Crippen molar-refractivity contribution in [3.05, 3.63) is 57.9 Å². The smallest absolute Gasteiger partial charge is 0.331 e. The normalized spacial score (nSPS) is 11.0. The molecule has 1 heterocycles. The van der Waals surface area contributed by atoms with Gasteiger partial charge in [0.05, 0.1) is 12.2 Å². The Balaban J connectivity index is 2.12. The van der Waals surface area contributed by atoms with Gasteiger partial charge in [-0.3, -0.25) is 4.79 Å². The summed E-state index contributed by atoms with van der Waals surface area (Å²) in [7, 11) is 0. The summed E-state index contributed by atoms with van der Waals surface area (Å²) in [5, 5.41) is 4.81. The molecule has 6 nitrogen and oxygen atoms in total. The van der Waals surface area contributed by atoms with Crippen LogP contribution < -0.4 is 5.73 Å². The standard InChI is InChI=1S/C17H18ClN3O3/c1-11-3-5-13(6-4-11)9-21-17(18)14(12(2)20-21)7-8-16(23)24-10-15(19)22/h3-8H,9-10H2,1-2H3,(H2,19,22)/b8-7+. The summed E-state index contributed by atoms with van der Waals surface area (Å²) in [6.07, 6.45) is 2.70. The van der Waals surface area contributed by atoms with Crippen LogP contribution in [0.5, 0.6) is 0 Å². The molecule has 2 N–H and O–H groups in total. The molecule has 0 aliphatic rings. The Bertz CT molecular complexity index is 779. The highest BCUT2D eigenvalue weighted by Crippen LogP contribution is 2.22. The van der Waals surface area contributed by atoms with Gasteiger partial charge in [0.1, 0.15) is 5.15 Å². The van der Waals surface area contributed by atoms with Crippen molar-refractivity contribution in [3.63, 3.8) is 0 Å². The largest absolute Gasteiger partial charge is 0.452 e. The zero-order valence-corrected chi connectivity index (χ0v) is 14.2. The van der Waals surface area contributed by atoms with Crippen LogP contribution in [0.1, 0.15) is 22.4 Å². The van der Waals surface area contributed by atoms with Gasteiger partial charge in [-0.15, -0.1) is 0 Å². The first-order valence-corrected chi connectivity index (χ1v) is 7.66. The molecule has 2 rings (SSSR count). The average Bonchev–Trinajstić information content (AvgIpc) is 2.79. The number of primary amides is 1. The van der Waals surface area contributed by atoms with Crippen molar-refractivity contribution in [2.75, 3.05) is 6.61 Å². The van der Waals surface area contributed by atoms with Gasteiger partial charge in [-0.25, -0.2) is 9.48 Å². The van der Waals surface area contributed by atoms with E-state index in [1.165, 1.54) is 17.7 Å². The zero-order valence-electron chi connectivity index (χ0n) is 13.5. The van der Waals surface area contributed by atoms with Crippen molar-refractivity contribution in [1.82, 2.24) is 9.78 Å². The maximum absolute atomic E-state index is 11.5. The van der Waals surface area contributed by atoms with Gasteiger partial charge in [-0.1, -0.05) is 41.4 Å². The van der Waals surface area contributed by atoms with Crippen LogP contribution in [0, 0.1) is 13.8 Å². The molecular weight excluding hydrogens is 330 g/mol. The summed E-state index contributed by atoms with van der Waals surface area (Å²) in [6, 6.07) is 8.07. The number of nitrogens with zero attached hydrogens (tertiary/aromatic N) is 2. The SMILES string of the molecule is Cc1ccc(Cn2nc(C)c(/C=C/C(=O)OCC(N)=O)c2Cl)cc1. The minimum absolute atomic E-state index is 0.423. The fraction of sp³-hybridized carbons (Fsp3) is 0.235. The highest BCUT2D eigenvalue weighted by Gasteiger charge is 2.12. The summed E-state index contributed by atoms with van der Waals surface area (Å²) >= 11 is 6.34. The molecule has 1 amide bonds. The van der Waals surface area contributed by atoms with Crippen molar-refractivity contribution in [1.29, 1.82) is 0 Å². The molecule has 0 fully saturated rings. The first-order valence-electron chi connectivity index (χ1n) is 7.28. The third kappa shape index (κ3) is 4.70. The molecule has 1 aromatic heterocycles. The van der Waals surface area contributed by atoms with Gasteiger partial charge in [-0.05, 0) is 25.5 Å². The number of carbonyl (C=O) groups excluding carboxylic acids is 2. The molecular formula is C17H18ClN3O3. The third-order valence-electron chi connectivity index (χ3n) is 3.31. The van der Waals surface area contributed by atoms with Crippen LogP contribution in [0.4, 0.5) is 0 Å². The van der Waals surface area contributed by atoms with Crippen LogP contribution in [0.3, 0.4) is 0 Å². The lowest BCUT2D eigenvalue weighted by molar-refractivity contribution is -0.142. The van der Waals surface area contributed by atoms with Crippen molar-refractivity contribution in [2.24, 2.45) is 5.73 Å². The van der Waals surface area contributed by atoms with Crippen molar-refractivity contribution >= 4 is 29.6 Å². The first kappa shape index (κ1) is 17.7. The van der Waals surface area contributed by atoms with Gasteiger partial charge in [0.25, 0.3) is 5.91 Å². The predicted octanol–water partition coefficient (Wildman–Crippen LogP) is 2.24. The van der Waals surface area contributed by atoms with Gasteiger partial charge in [0.2, 0.25) is 0 Å². The number of hydrogen-bond acceptors (Lipinski definition) is 4. The van der Waals surface area contributed by atoms with Crippen LogP contribution >= 0.6 is 11.6 Å². The molecule has 0 unspecified atom stereocenters. The minimum atomic E-state index is -0.711. The van der Waals surface area contributed by atoms with E-state index in [4.69, 9.17) is 17.3 Å². The number of aryl methyl sites for hydroxylation is 2. The van der Waals surface area contributed by atoms with Crippen LogP contribution in [-0.2, 0) is 20.9 Å². The van der Waals surface area contributed by atoms with Crippen molar-refractivity contribution in [2.45, 2.75) is 20.4 Å².